The van der Waals surface area contributed by atoms with E-state index >= 15 is 0 Å². The highest BCUT2D eigenvalue weighted by Crippen LogP contribution is 2.32. The first kappa shape index (κ1) is 10.4. The molecule has 1 aliphatic carbocycles. The van der Waals surface area contributed by atoms with Crippen molar-refractivity contribution in [3.63, 3.8) is 0 Å². The van der Waals surface area contributed by atoms with Crippen LogP contribution in [0, 0.1) is 5.92 Å². The van der Waals surface area contributed by atoms with E-state index in [4.69, 9.17) is 4.74 Å². The fraction of sp³-hybridized carbons (Fsp3) is 0.357. The van der Waals surface area contributed by atoms with Crippen molar-refractivity contribution in [2.24, 2.45) is 5.92 Å². The van der Waals surface area contributed by atoms with Crippen LogP contribution in [0.5, 0.6) is 5.75 Å². The van der Waals surface area contributed by atoms with Crippen LogP contribution in [0.2, 0.25) is 0 Å². The van der Waals surface area contributed by atoms with Gasteiger partial charge in [-0.1, -0.05) is 0 Å². The minimum absolute atomic E-state index is 0.840. The Kier molecular flexibility index (Phi) is 2.59. The summed E-state index contributed by atoms with van der Waals surface area (Å²) in [7, 11) is 1.69. The van der Waals surface area contributed by atoms with Crippen LogP contribution in [-0.2, 0) is 6.54 Å². The highest BCUT2D eigenvalue weighted by atomic mass is 16.5. The maximum Gasteiger partial charge on any atom is 0.118 e. The van der Waals surface area contributed by atoms with Gasteiger partial charge >= 0.3 is 0 Å². The van der Waals surface area contributed by atoms with Crippen LogP contribution in [0.3, 0.4) is 0 Å². The molecule has 0 amide bonds. The highest BCUT2D eigenvalue weighted by Gasteiger charge is 2.23. The summed E-state index contributed by atoms with van der Waals surface area (Å²) in [6, 6.07) is 10.2. The highest BCUT2D eigenvalue weighted by molar-refractivity contribution is 5.60. The molecule has 1 saturated carbocycles. The predicted octanol–water partition coefficient (Wildman–Crippen LogP) is 2.97. The minimum atomic E-state index is 0.840. The number of aromatic nitrogens is 2. The van der Waals surface area contributed by atoms with E-state index < -0.39 is 0 Å². The van der Waals surface area contributed by atoms with E-state index in [9.17, 15) is 0 Å². The van der Waals surface area contributed by atoms with Crippen LogP contribution < -0.4 is 4.74 Å². The number of rotatable bonds is 4. The standard InChI is InChI=1S/C14H16N2O/c1-17-13-6-4-12(5-7-13)14-8-9-15-16(14)10-11-2-3-11/h4-9,11H,2-3,10H2,1H3. The Morgan fingerprint density at radius 2 is 2.00 bits per heavy atom. The van der Waals surface area contributed by atoms with Crippen molar-refractivity contribution in [2.45, 2.75) is 19.4 Å². The first-order valence-corrected chi connectivity index (χ1v) is 6.03. The number of benzene rings is 1. The Bertz CT molecular complexity index is 497. The van der Waals surface area contributed by atoms with Crippen LogP contribution in [0.4, 0.5) is 0 Å². The molecular formula is C14H16N2O. The summed E-state index contributed by atoms with van der Waals surface area (Å²) in [6.07, 6.45) is 4.58. The second-order valence-corrected chi connectivity index (χ2v) is 4.57. The molecule has 2 aromatic rings. The Morgan fingerprint density at radius 1 is 1.24 bits per heavy atom. The Balaban J connectivity index is 1.88. The predicted molar refractivity (Wildman–Crippen MR) is 66.9 cm³/mol. The lowest BCUT2D eigenvalue weighted by Crippen LogP contribution is -2.03. The summed E-state index contributed by atoms with van der Waals surface area (Å²) < 4.78 is 7.28. The average Bonchev–Trinajstić information content (AvgIpc) is 3.06. The summed E-state index contributed by atoms with van der Waals surface area (Å²) >= 11 is 0. The molecule has 0 N–H and O–H groups in total. The summed E-state index contributed by atoms with van der Waals surface area (Å²) in [5.41, 5.74) is 2.39. The molecule has 0 bridgehead atoms. The van der Waals surface area contributed by atoms with Crippen molar-refractivity contribution in [1.29, 1.82) is 0 Å². The normalized spacial score (nSPS) is 14.9. The molecule has 0 saturated heterocycles. The van der Waals surface area contributed by atoms with E-state index in [0.29, 0.717) is 0 Å². The zero-order valence-corrected chi connectivity index (χ0v) is 9.97. The van der Waals surface area contributed by atoms with Gasteiger partial charge < -0.3 is 4.74 Å². The van der Waals surface area contributed by atoms with Gasteiger partial charge in [-0.05, 0) is 49.1 Å². The lowest BCUT2D eigenvalue weighted by Gasteiger charge is -2.07. The number of nitrogens with zero attached hydrogens (tertiary/aromatic N) is 2. The molecule has 1 aliphatic rings. The largest absolute Gasteiger partial charge is 0.497 e. The molecule has 3 heteroatoms. The second kappa shape index (κ2) is 4.24. The fourth-order valence-corrected chi connectivity index (χ4v) is 2.03. The molecule has 0 spiro atoms. The lowest BCUT2D eigenvalue weighted by molar-refractivity contribution is 0.415. The third-order valence-corrected chi connectivity index (χ3v) is 3.23. The Hall–Kier alpha value is -1.77. The molecule has 1 heterocycles. The molecule has 0 atom stereocenters. The van der Waals surface area contributed by atoms with E-state index in [1.54, 1.807) is 7.11 Å². The third-order valence-electron chi connectivity index (χ3n) is 3.23. The van der Waals surface area contributed by atoms with Crippen LogP contribution in [0.25, 0.3) is 11.3 Å². The maximum absolute atomic E-state index is 5.17. The van der Waals surface area contributed by atoms with Gasteiger partial charge in [-0.25, -0.2) is 0 Å². The minimum Gasteiger partial charge on any atom is -0.497 e. The molecule has 1 aromatic carbocycles. The Morgan fingerprint density at radius 3 is 2.65 bits per heavy atom. The van der Waals surface area contributed by atoms with Crippen LogP contribution >= 0.6 is 0 Å². The molecule has 17 heavy (non-hydrogen) atoms. The second-order valence-electron chi connectivity index (χ2n) is 4.57. The van der Waals surface area contributed by atoms with Gasteiger partial charge in [0.05, 0.1) is 12.8 Å². The maximum atomic E-state index is 5.17. The molecule has 1 aromatic heterocycles. The van der Waals surface area contributed by atoms with E-state index in [-0.39, 0.29) is 0 Å². The third kappa shape index (κ3) is 2.18. The summed E-state index contributed by atoms with van der Waals surface area (Å²) in [4.78, 5) is 0. The molecule has 88 valence electrons. The van der Waals surface area contributed by atoms with Gasteiger partial charge in [0.25, 0.3) is 0 Å². The van der Waals surface area contributed by atoms with E-state index in [2.05, 4.69) is 28.0 Å². The lowest BCUT2D eigenvalue weighted by atomic mass is 10.1. The smallest absolute Gasteiger partial charge is 0.118 e. The van der Waals surface area contributed by atoms with Gasteiger partial charge in [-0.3, -0.25) is 4.68 Å². The van der Waals surface area contributed by atoms with Gasteiger partial charge in [0, 0.05) is 18.3 Å². The summed E-state index contributed by atoms with van der Waals surface area (Å²) in [5, 5.41) is 4.40. The van der Waals surface area contributed by atoms with Gasteiger partial charge in [0.15, 0.2) is 0 Å². The molecule has 0 unspecified atom stereocenters. The van der Waals surface area contributed by atoms with Crippen molar-refractivity contribution in [3.8, 4) is 17.0 Å². The monoisotopic (exact) mass is 228 g/mol. The summed E-state index contributed by atoms with van der Waals surface area (Å²) in [5.74, 6) is 1.73. The van der Waals surface area contributed by atoms with Crippen LogP contribution in [-0.4, -0.2) is 16.9 Å². The first-order chi connectivity index (χ1) is 8.36. The summed E-state index contributed by atoms with van der Waals surface area (Å²) in [6.45, 7) is 1.05. The number of hydrogen-bond acceptors (Lipinski definition) is 2. The Labute approximate surface area is 101 Å². The van der Waals surface area contributed by atoms with E-state index in [0.717, 1.165) is 18.2 Å². The van der Waals surface area contributed by atoms with Crippen molar-refractivity contribution in [2.75, 3.05) is 7.11 Å². The number of ether oxygens (including phenoxy) is 1. The van der Waals surface area contributed by atoms with Crippen molar-refractivity contribution in [3.05, 3.63) is 36.5 Å². The average molecular weight is 228 g/mol. The SMILES string of the molecule is COc1ccc(-c2ccnn2CC2CC2)cc1. The van der Waals surface area contributed by atoms with Crippen molar-refractivity contribution < 1.29 is 4.74 Å². The molecule has 3 rings (SSSR count). The molecular weight excluding hydrogens is 212 g/mol. The van der Waals surface area contributed by atoms with Crippen LogP contribution in [0.15, 0.2) is 36.5 Å². The van der Waals surface area contributed by atoms with E-state index in [1.807, 2.05) is 18.3 Å². The zero-order chi connectivity index (χ0) is 11.7. The number of hydrogen-bond donors (Lipinski definition) is 0. The van der Waals surface area contributed by atoms with Crippen molar-refractivity contribution in [1.82, 2.24) is 9.78 Å². The van der Waals surface area contributed by atoms with Gasteiger partial charge in [-0.2, -0.15) is 5.10 Å². The molecule has 0 radical (unpaired) electrons. The zero-order valence-electron chi connectivity index (χ0n) is 9.97. The van der Waals surface area contributed by atoms with Gasteiger partial charge in [0.1, 0.15) is 5.75 Å². The van der Waals surface area contributed by atoms with Crippen molar-refractivity contribution >= 4 is 0 Å². The van der Waals surface area contributed by atoms with Crippen LogP contribution in [0.1, 0.15) is 12.8 Å². The van der Waals surface area contributed by atoms with Gasteiger partial charge in [0.2, 0.25) is 0 Å². The quantitative estimate of drug-likeness (QED) is 0.804. The molecule has 0 aliphatic heterocycles. The fourth-order valence-electron chi connectivity index (χ4n) is 2.03. The molecule has 1 fully saturated rings. The van der Waals surface area contributed by atoms with Gasteiger partial charge in [-0.15, -0.1) is 0 Å². The number of methoxy groups -OCH3 is 1. The molecule has 3 nitrogen and oxygen atoms in total. The topological polar surface area (TPSA) is 27.1 Å². The van der Waals surface area contributed by atoms with E-state index in [1.165, 1.54) is 24.1 Å². The first-order valence-electron chi connectivity index (χ1n) is 6.03.